The number of anilines is 1. The molecule has 0 unspecified atom stereocenters. The van der Waals surface area contributed by atoms with Crippen LogP contribution in [0.15, 0.2) is 42.6 Å². The number of benzene rings is 1. The molecule has 17 heavy (non-hydrogen) atoms. The Morgan fingerprint density at radius 2 is 2.00 bits per heavy atom. The second-order valence-corrected chi connectivity index (χ2v) is 3.77. The largest absolute Gasteiger partial charge is 0.485 e. The van der Waals surface area contributed by atoms with Crippen LogP contribution in [0.1, 0.15) is 11.1 Å². The third-order valence-corrected chi connectivity index (χ3v) is 2.42. The van der Waals surface area contributed by atoms with Crippen LogP contribution < -0.4 is 16.0 Å². The number of nitrogens with two attached hydrogens (primary N) is 1. The summed E-state index contributed by atoms with van der Waals surface area (Å²) in [5.74, 6) is 6.54. The fraction of sp³-hybridized carbons (Fsp3) is 0.154. The number of hydrazine groups is 1. The number of ether oxygens (including phenoxy) is 1. The van der Waals surface area contributed by atoms with Crippen LogP contribution in [0.2, 0.25) is 0 Å². The van der Waals surface area contributed by atoms with Gasteiger partial charge in [0.2, 0.25) is 0 Å². The fourth-order valence-electron chi connectivity index (χ4n) is 1.46. The highest BCUT2D eigenvalue weighted by atomic mass is 16.5. The quantitative estimate of drug-likeness (QED) is 0.623. The Bertz CT molecular complexity index is 482. The van der Waals surface area contributed by atoms with Crippen LogP contribution in [0.25, 0.3) is 0 Å². The summed E-state index contributed by atoms with van der Waals surface area (Å²) in [6, 6.07) is 11.8. The van der Waals surface area contributed by atoms with Crippen molar-refractivity contribution in [3.8, 4) is 5.75 Å². The predicted octanol–water partition coefficient (Wildman–Crippen LogP) is 2.25. The highest BCUT2D eigenvalue weighted by Crippen LogP contribution is 2.20. The van der Waals surface area contributed by atoms with E-state index in [1.807, 2.05) is 24.3 Å². The zero-order valence-corrected chi connectivity index (χ0v) is 9.68. The molecule has 0 atom stereocenters. The maximum atomic E-state index is 5.65. The highest BCUT2D eigenvalue weighted by molar-refractivity contribution is 5.48. The molecule has 0 aliphatic carbocycles. The maximum Gasteiger partial charge on any atom is 0.182 e. The van der Waals surface area contributed by atoms with E-state index in [2.05, 4.69) is 29.5 Å². The van der Waals surface area contributed by atoms with Gasteiger partial charge in [-0.2, -0.15) is 0 Å². The van der Waals surface area contributed by atoms with Crippen molar-refractivity contribution in [1.29, 1.82) is 0 Å². The Balaban J connectivity index is 2.04. The Kier molecular flexibility index (Phi) is 3.57. The molecule has 4 heteroatoms. The average molecular weight is 229 g/mol. The van der Waals surface area contributed by atoms with Crippen molar-refractivity contribution < 1.29 is 4.74 Å². The third-order valence-electron chi connectivity index (χ3n) is 2.42. The van der Waals surface area contributed by atoms with Crippen LogP contribution in [0.4, 0.5) is 5.82 Å². The summed E-state index contributed by atoms with van der Waals surface area (Å²) in [6.45, 7) is 2.56. The van der Waals surface area contributed by atoms with Crippen LogP contribution in [-0.2, 0) is 6.61 Å². The van der Waals surface area contributed by atoms with E-state index in [4.69, 9.17) is 10.6 Å². The van der Waals surface area contributed by atoms with Gasteiger partial charge < -0.3 is 10.2 Å². The lowest BCUT2D eigenvalue weighted by molar-refractivity contribution is 0.306. The minimum atomic E-state index is 0.501. The van der Waals surface area contributed by atoms with Gasteiger partial charge in [-0.1, -0.05) is 29.8 Å². The Morgan fingerprint density at radius 1 is 1.24 bits per heavy atom. The van der Waals surface area contributed by atoms with Gasteiger partial charge in [0, 0.05) is 6.20 Å². The molecule has 88 valence electrons. The fourth-order valence-corrected chi connectivity index (χ4v) is 1.46. The summed E-state index contributed by atoms with van der Waals surface area (Å²) in [5, 5.41) is 0. The lowest BCUT2D eigenvalue weighted by Crippen LogP contribution is -2.10. The van der Waals surface area contributed by atoms with Gasteiger partial charge >= 0.3 is 0 Å². The maximum absolute atomic E-state index is 5.65. The number of nitrogens with one attached hydrogen (secondary N) is 1. The normalized spacial score (nSPS) is 10.0. The van der Waals surface area contributed by atoms with Crippen molar-refractivity contribution in [3.05, 3.63) is 53.7 Å². The van der Waals surface area contributed by atoms with Gasteiger partial charge in [-0.3, -0.25) is 0 Å². The molecule has 0 aliphatic heterocycles. The SMILES string of the molecule is Cc1ccc(COc2cccnc2NN)cc1. The molecular formula is C13H15N3O. The second-order valence-electron chi connectivity index (χ2n) is 3.77. The summed E-state index contributed by atoms with van der Waals surface area (Å²) < 4.78 is 5.65. The number of rotatable bonds is 4. The molecular weight excluding hydrogens is 214 g/mol. The van der Waals surface area contributed by atoms with Gasteiger partial charge in [-0.25, -0.2) is 10.8 Å². The van der Waals surface area contributed by atoms with Gasteiger partial charge in [0.05, 0.1) is 0 Å². The number of aryl methyl sites for hydroxylation is 1. The van der Waals surface area contributed by atoms with Crippen LogP contribution >= 0.6 is 0 Å². The zero-order chi connectivity index (χ0) is 12.1. The van der Waals surface area contributed by atoms with Gasteiger partial charge in [0.25, 0.3) is 0 Å². The van der Waals surface area contributed by atoms with E-state index in [0.717, 1.165) is 5.56 Å². The standard InChI is InChI=1S/C13H15N3O/c1-10-4-6-11(7-5-10)9-17-12-3-2-8-15-13(12)16-14/h2-8H,9,14H2,1H3,(H,15,16). The van der Waals surface area contributed by atoms with Crippen molar-refractivity contribution in [2.75, 3.05) is 5.43 Å². The minimum absolute atomic E-state index is 0.501. The number of hydrogen-bond acceptors (Lipinski definition) is 4. The Labute approximate surface area is 100 Å². The van der Waals surface area contributed by atoms with Crippen molar-refractivity contribution in [2.45, 2.75) is 13.5 Å². The molecule has 3 N–H and O–H groups in total. The summed E-state index contributed by atoms with van der Waals surface area (Å²) in [6.07, 6.45) is 1.66. The number of nitrogens with zero attached hydrogens (tertiary/aromatic N) is 1. The second kappa shape index (κ2) is 5.32. The minimum Gasteiger partial charge on any atom is -0.485 e. The molecule has 1 heterocycles. The topological polar surface area (TPSA) is 60.2 Å². The molecule has 2 aromatic rings. The van der Waals surface area contributed by atoms with E-state index in [9.17, 15) is 0 Å². The third kappa shape index (κ3) is 2.95. The lowest BCUT2D eigenvalue weighted by atomic mass is 10.2. The zero-order valence-electron chi connectivity index (χ0n) is 9.68. The van der Waals surface area contributed by atoms with Crippen LogP contribution in [0.3, 0.4) is 0 Å². The molecule has 0 saturated carbocycles. The first-order valence-electron chi connectivity index (χ1n) is 5.39. The van der Waals surface area contributed by atoms with E-state index in [1.54, 1.807) is 6.20 Å². The van der Waals surface area contributed by atoms with E-state index in [0.29, 0.717) is 18.2 Å². The van der Waals surface area contributed by atoms with Crippen molar-refractivity contribution in [3.63, 3.8) is 0 Å². The molecule has 1 aromatic heterocycles. The number of nitrogen functional groups attached to an aromatic ring is 1. The average Bonchev–Trinajstić information content (AvgIpc) is 2.38. The summed E-state index contributed by atoms with van der Waals surface area (Å²) >= 11 is 0. The lowest BCUT2D eigenvalue weighted by Gasteiger charge is -2.09. The van der Waals surface area contributed by atoms with E-state index in [1.165, 1.54) is 5.56 Å². The van der Waals surface area contributed by atoms with Crippen molar-refractivity contribution >= 4 is 5.82 Å². The molecule has 1 aromatic carbocycles. The first kappa shape index (κ1) is 11.4. The van der Waals surface area contributed by atoms with E-state index in [-0.39, 0.29) is 0 Å². The molecule has 0 bridgehead atoms. The molecule has 2 rings (SSSR count). The molecule has 0 fully saturated rings. The number of aromatic nitrogens is 1. The number of pyridine rings is 1. The van der Waals surface area contributed by atoms with E-state index < -0.39 is 0 Å². The first-order chi connectivity index (χ1) is 8.29. The molecule has 0 aliphatic rings. The van der Waals surface area contributed by atoms with Gasteiger partial charge in [0.15, 0.2) is 11.6 Å². The molecule has 0 spiro atoms. The van der Waals surface area contributed by atoms with E-state index >= 15 is 0 Å². The summed E-state index contributed by atoms with van der Waals surface area (Å²) in [5.41, 5.74) is 4.85. The molecule has 4 nitrogen and oxygen atoms in total. The van der Waals surface area contributed by atoms with Crippen molar-refractivity contribution in [1.82, 2.24) is 4.98 Å². The van der Waals surface area contributed by atoms with Gasteiger partial charge in [-0.15, -0.1) is 0 Å². The van der Waals surface area contributed by atoms with Crippen LogP contribution in [-0.4, -0.2) is 4.98 Å². The first-order valence-corrected chi connectivity index (χ1v) is 5.39. The Morgan fingerprint density at radius 3 is 2.71 bits per heavy atom. The van der Waals surface area contributed by atoms with Crippen LogP contribution in [0.5, 0.6) is 5.75 Å². The summed E-state index contributed by atoms with van der Waals surface area (Å²) in [4.78, 5) is 4.06. The highest BCUT2D eigenvalue weighted by Gasteiger charge is 2.02. The monoisotopic (exact) mass is 229 g/mol. The summed E-state index contributed by atoms with van der Waals surface area (Å²) in [7, 11) is 0. The smallest absolute Gasteiger partial charge is 0.182 e. The van der Waals surface area contributed by atoms with Crippen LogP contribution in [0, 0.1) is 6.92 Å². The molecule has 0 amide bonds. The van der Waals surface area contributed by atoms with Gasteiger partial charge in [0.1, 0.15) is 6.61 Å². The van der Waals surface area contributed by atoms with Gasteiger partial charge in [-0.05, 0) is 24.6 Å². The number of hydrogen-bond donors (Lipinski definition) is 2. The predicted molar refractivity (Wildman–Crippen MR) is 67.6 cm³/mol. The molecule has 0 saturated heterocycles. The van der Waals surface area contributed by atoms with Crippen molar-refractivity contribution in [2.24, 2.45) is 5.84 Å². The Hall–Kier alpha value is -2.07. The molecule has 0 radical (unpaired) electrons.